The molecule has 14 bridgehead atoms. The third kappa shape index (κ3) is 25.7. The molecule has 12 saturated heterocycles. The summed E-state index contributed by atoms with van der Waals surface area (Å²) in [6, 6.07) is 0. The van der Waals surface area contributed by atoms with Crippen molar-refractivity contribution < 1.29 is 90.5 Å². The first-order chi connectivity index (χ1) is 49.3. The molecule has 20 unspecified atom stereocenters. The smallest absolute Gasteiger partial charge is 0.312 e. The van der Waals surface area contributed by atoms with E-state index in [2.05, 4.69) is 9.47 Å². The van der Waals surface area contributed by atoms with Crippen molar-refractivity contribution in [1.29, 1.82) is 0 Å². The van der Waals surface area contributed by atoms with Crippen LogP contribution in [0.3, 0.4) is 0 Å². The fraction of sp³-hybridized carbons (Fsp3) is 0.892. The van der Waals surface area contributed by atoms with E-state index in [0.29, 0.717) is 98.3 Å². The highest BCUT2D eigenvalue weighted by atomic mass is 16.6. The highest BCUT2D eigenvalue weighted by Crippen LogP contribution is 2.56. The summed E-state index contributed by atoms with van der Waals surface area (Å²) < 4.78 is 50.3. The molecule has 22 aliphatic rings. The van der Waals surface area contributed by atoms with Gasteiger partial charge in [0, 0.05) is 42.9 Å². The summed E-state index contributed by atoms with van der Waals surface area (Å²) in [4.78, 5) is 97.4. The van der Waals surface area contributed by atoms with Crippen molar-refractivity contribution in [3.63, 3.8) is 0 Å². The van der Waals surface area contributed by atoms with E-state index >= 15 is 0 Å². The minimum atomic E-state index is -0.0463. The van der Waals surface area contributed by atoms with Gasteiger partial charge >= 0.3 is 53.7 Å². The van der Waals surface area contributed by atoms with Crippen molar-refractivity contribution in [2.75, 3.05) is 26.4 Å². The summed E-state index contributed by atoms with van der Waals surface area (Å²) >= 11 is 0. The maximum atomic E-state index is 11.2. The number of fused-ring (bicyclic) bond motifs is 14. The van der Waals surface area contributed by atoms with Crippen LogP contribution in [0.4, 0.5) is 0 Å². The van der Waals surface area contributed by atoms with Crippen LogP contribution in [0.15, 0.2) is 0 Å². The Morgan fingerprint density at radius 1 is 0.284 bits per heavy atom. The number of carbonyl (C=O) groups excluding carboxylic acids is 9. The molecule has 22 rings (SSSR count). The third-order valence-electron chi connectivity index (χ3n) is 22.4. The first-order valence-electron chi connectivity index (χ1n) is 41.6. The van der Waals surface area contributed by atoms with Crippen molar-refractivity contribution in [2.24, 2.45) is 88.8 Å². The van der Waals surface area contributed by atoms with Gasteiger partial charge < -0.3 is 47.4 Å². The lowest BCUT2D eigenvalue weighted by Gasteiger charge is -2.38. The Kier molecular flexibility index (Phi) is 46.3. The second-order valence-corrected chi connectivity index (χ2v) is 27.5. The van der Waals surface area contributed by atoms with Crippen LogP contribution in [-0.4, -0.2) is 123 Å². The minimum absolute atomic E-state index is 0. The van der Waals surface area contributed by atoms with Gasteiger partial charge in [-0.05, 0) is 178 Å². The number of cyclic esters (lactones) is 4. The van der Waals surface area contributed by atoms with Crippen molar-refractivity contribution in [2.45, 2.75) is 361 Å². The Balaban J connectivity index is 0.000000380. The molecule has 22 fully saturated rings. The third-order valence-corrected chi connectivity index (χ3v) is 22.4. The normalized spacial score (nSPS) is 36.6. The number of rotatable bonds is 0. The quantitative estimate of drug-likeness (QED) is 0.162. The van der Waals surface area contributed by atoms with Gasteiger partial charge in [-0.15, -0.1) is 0 Å². The lowest BCUT2D eigenvalue weighted by atomic mass is 9.65. The van der Waals surface area contributed by atoms with Gasteiger partial charge in [0.25, 0.3) is 0 Å². The van der Waals surface area contributed by atoms with Crippen LogP contribution in [-0.2, 0) is 90.5 Å². The van der Waals surface area contributed by atoms with Crippen LogP contribution >= 0.6 is 0 Å². The van der Waals surface area contributed by atoms with Crippen molar-refractivity contribution in [3.05, 3.63) is 0 Å². The number of ether oxygens (including phenoxy) is 10. The Hall–Kier alpha value is -4.81. The molecular weight excluding hydrogens is 1300 g/mol. The first kappa shape index (κ1) is 93.3. The van der Waals surface area contributed by atoms with Crippen LogP contribution in [0.2, 0.25) is 0 Å². The van der Waals surface area contributed by atoms with Gasteiger partial charge in [0.05, 0.1) is 74.0 Å². The summed E-state index contributed by atoms with van der Waals surface area (Å²) in [5.41, 5.74) is 0. The number of carbonyl (C=O) groups is 9. The van der Waals surface area contributed by atoms with Gasteiger partial charge in [0.15, 0.2) is 0 Å². The molecule has 0 N–H and O–H groups in total. The highest BCUT2D eigenvalue weighted by Gasteiger charge is 2.59. The Labute approximate surface area is 617 Å². The van der Waals surface area contributed by atoms with E-state index in [1.165, 1.54) is 64.2 Å². The lowest BCUT2D eigenvalue weighted by molar-refractivity contribution is -0.168. The molecule has 12 aliphatic heterocycles. The number of hydrogen-bond donors (Lipinski definition) is 0. The fourth-order valence-electron chi connectivity index (χ4n) is 18.1. The Bertz CT molecular complexity index is 2340. The van der Waals surface area contributed by atoms with Gasteiger partial charge in [-0.3, -0.25) is 43.2 Å². The topological polar surface area (TPSA) is 246 Å². The van der Waals surface area contributed by atoms with Crippen molar-refractivity contribution in [3.8, 4) is 0 Å². The van der Waals surface area contributed by atoms with E-state index in [4.69, 9.17) is 37.9 Å². The van der Waals surface area contributed by atoms with Crippen LogP contribution in [0, 0.1) is 88.8 Å². The molecule has 19 nitrogen and oxygen atoms in total. The summed E-state index contributed by atoms with van der Waals surface area (Å²) in [5.74, 6) is 7.72. The maximum absolute atomic E-state index is 11.2. The van der Waals surface area contributed by atoms with Gasteiger partial charge in [-0.25, -0.2) is 0 Å². The summed E-state index contributed by atoms with van der Waals surface area (Å²) in [6.45, 7) is 38.7. The van der Waals surface area contributed by atoms with Gasteiger partial charge in [0.1, 0.15) is 36.6 Å². The molecule has 12 heterocycles. The molecule has 102 heavy (non-hydrogen) atoms. The SMILES string of the molecule is C.CC.CC.CC.CC.CC.CC.CC.CC.CC.O=C1CCCCO1.O=C1CCCO1.O=C1OC2CC3CC1C2C3.O=C1OC2CC3CC1C2O3.O=C1OC2CC3CCC2C1C3.O=C1OC2CCC1CC2.O=C1OC2CCCC1C2.O=C1OCC2C3CCC(C3)C12.O=C1OCC2CCCCC12. The molecule has 20 atom stereocenters. The first-order valence-corrected chi connectivity index (χ1v) is 41.6. The van der Waals surface area contributed by atoms with E-state index in [1.807, 2.05) is 125 Å². The fourth-order valence-corrected chi connectivity index (χ4v) is 18.1. The zero-order chi connectivity index (χ0) is 75.3. The predicted octanol–water partition coefficient (Wildman–Crippen LogP) is 18.1. The lowest BCUT2D eigenvalue weighted by Crippen LogP contribution is -2.37. The van der Waals surface area contributed by atoms with Crippen LogP contribution in [0.25, 0.3) is 0 Å². The molecule has 592 valence electrons. The Morgan fingerprint density at radius 2 is 0.824 bits per heavy atom. The van der Waals surface area contributed by atoms with Crippen LogP contribution < -0.4 is 0 Å². The van der Waals surface area contributed by atoms with Gasteiger partial charge in [-0.2, -0.15) is 0 Å². The summed E-state index contributed by atoms with van der Waals surface area (Å²) in [6.07, 6.45) is 33.7. The van der Waals surface area contributed by atoms with E-state index in [0.717, 1.165) is 134 Å². The van der Waals surface area contributed by atoms with Crippen molar-refractivity contribution >= 4 is 53.7 Å². The molecule has 10 aliphatic carbocycles. The zero-order valence-corrected chi connectivity index (χ0v) is 66.3. The Morgan fingerprint density at radius 3 is 1.26 bits per heavy atom. The second kappa shape index (κ2) is 50.6. The van der Waals surface area contributed by atoms with Crippen LogP contribution in [0.5, 0.6) is 0 Å². The van der Waals surface area contributed by atoms with E-state index in [1.54, 1.807) is 0 Å². The highest BCUT2D eigenvalue weighted by molar-refractivity contribution is 5.79. The second-order valence-electron chi connectivity index (χ2n) is 27.5. The molecule has 0 aromatic rings. The molecule has 10 saturated carbocycles. The van der Waals surface area contributed by atoms with Crippen molar-refractivity contribution in [1.82, 2.24) is 0 Å². The zero-order valence-electron chi connectivity index (χ0n) is 66.3. The molecule has 0 spiro atoms. The minimum Gasteiger partial charge on any atom is -0.466 e. The standard InChI is InChI=1S/2C9H12O2.C8H10O2.C8H12O2.C7H8O3.2C7H10O2.C5H8O2.C4H6O2.9C2H6.CH4/c10-9-8-6-2-1-5(3-6)7(8)4-11-9;10-9-7-3-5-1-2-6(7)8(4-5)11-9;9-8-6-2-4-1-5(6)7(3-4)10-8;9-8-7-4-2-1-3-6(7)5-10-8;8-7-4-1-3-2-5(10-7)6(4)9-3;8-7-5-1-3-6(9-7)4-2-5;8-7-5-2-1-3-6(4-5)9-7;6-5-3-1-2-4-7-5;5-4-2-1-3-6-4;9*1-2;/h2*5-8H,1-4H2;4-7H,1-3H2;6-7H,1-5H2;3-6H,1-2H2;2*5-6H,1-4H2;1-4H2;1-3H2;9*1-2H3;1H4. The number of hydrogen-bond acceptors (Lipinski definition) is 19. The van der Waals surface area contributed by atoms with E-state index in [-0.39, 0.29) is 109 Å². The molecule has 0 aromatic carbocycles. The average Bonchev–Trinajstić information content (AvgIpc) is 1.62. The predicted molar refractivity (Wildman–Crippen MR) is 397 cm³/mol. The monoisotopic (exact) mass is 1450 g/mol. The van der Waals surface area contributed by atoms with Crippen LogP contribution in [0.1, 0.15) is 318 Å². The molecule has 19 heteroatoms. The van der Waals surface area contributed by atoms with Gasteiger partial charge in [0.2, 0.25) is 0 Å². The molecule has 0 radical (unpaired) electrons. The van der Waals surface area contributed by atoms with Gasteiger partial charge in [-0.1, -0.05) is 145 Å². The van der Waals surface area contributed by atoms with E-state index < -0.39 is 0 Å². The average molecular weight is 1450 g/mol. The molecular formula is C83H146O19. The van der Waals surface area contributed by atoms with E-state index in [9.17, 15) is 43.2 Å². The maximum Gasteiger partial charge on any atom is 0.312 e. The summed E-state index contributed by atoms with van der Waals surface area (Å²) in [7, 11) is 0. The molecule has 0 aromatic heterocycles. The largest absolute Gasteiger partial charge is 0.466 e. The number of esters is 9. The summed E-state index contributed by atoms with van der Waals surface area (Å²) in [5, 5.41) is 0. The molecule has 0 amide bonds.